The van der Waals surface area contributed by atoms with Crippen molar-refractivity contribution >= 4 is 10.8 Å². The Balaban J connectivity index is 1.99. The Morgan fingerprint density at radius 2 is 2.32 bits per heavy atom. The van der Waals surface area contributed by atoms with Crippen molar-refractivity contribution in [2.75, 3.05) is 12.8 Å². The number of aromatic nitrogens is 3. The van der Waals surface area contributed by atoms with Crippen LogP contribution in [-0.2, 0) is 17.3 Å². The lowest BCUT2D eigenvalue weighted by Crippen LogP contribution is -2.27. The summed E-state index contributed by atoms with van der Waals surface area (Å²) in [5.74, 6) is 0. The van der Waals surface area contributed by atoms with E-state index in [0.29, 0.717) is 6.54 Å². The van der Waals surface area contributed by atoms with Crippen molar-refractivity contribution in [2.45, 2.75) is 18.7 Å². The van der Waals surface area contributed by atoms with Crippen LogP contribution in [0.4, 0.5) is 0 Å². The van der Waals surface area contributed by atoms with E-state index in [4.69, 9.17) is 0 Å². The van der Waals surface area contributed by atoms with Crippen molar-refractivity contribution in [3.63, 3.8) is 0 Å². The van der Waals surface area contributed by atoms with Crippen LogP contribution in [0.1, 0.15) is 12.5 Å². The summed E-state index contributed by atoms with van der Waals surface area (Å²) in [6.07, 6.45) is 7.09. The van der Waals surface area contributed by atoms with Gasteiger partial charge < -0.3 is 5.32 Å². The van der Waals surface area contributed by atoms with Crippen molar-refractivity contribution < 1.29 is 4.21 Å². The molecule has 2 rings (SSSR count). The molecule has 0 saturated heterocycles. The predicted octanol–water partition coefficient (Wildman–Crippen LogP) is 1.33. The molecular formula is C13H18N4OS. The molecule has 0 spiro atoms. The molecule has 0 aromatic carbocycles. The molecule has 0 amide bonds. The number of nitrogens with one attached hydrogen (secondary N) is 2. The van der Waals surface area contributed by atoms with E-state index in [1.54, 1.807) is 18.6 Å². The van der Waals surface area contributed by atoms with Crippen LogP contribution in [0.3, 0.4) is 0 Å². The van der Waals surface area contributed by atoms with Gasteiger partial charge in [-0.3, -0.25) is 14.3 Å². The molecule has 0 aliphatic heterocycles. The molecule has 102 valence electrons. The summed E-state index contributed by atoms with van der Waals surface area (Å²) in [6, 6.07) is 3.89. The molecule has 5 nitrogen and oxygen atoms in total. The third-order valence-electron chi connectivity index (χ3n) is 2.98. The molecule has 2 aromatic rings. The van der Waals surface area contributed by atoms with E-state index < -0.39 is 10.8 Å². The molecule has 0 aliphatic carbocycles. The van der Waals surface area contributed by atoms with Gasteiger partial charge in [-0.1, -0.05) is 0 Å². The lowest BCUT2D eigenvalue weighted by molar-refractivity contribution is 0.647. The van der Waals surface area contributed by atoms with E-state index in [1.807, 2.05) is 25.3 Å². The Labute approximate surface area is 115 Å². The van der Waals surface area contributed by atoms with Gasteiger partial charge in [-0.05, 0) is 19.1 Å². The smallest absolute Gasteiger partial charge is 0.0710 e. The van der Waals surface area contributed by atoms with Gasteiger partial charge in [-0.15, -0.1) is 0 Å². The third kappa shape index (κ3) is 3.71. The summed E-state index contributed by atoms with van der Waals surface area (Å²) in [5, 5.41) is 10.5. The fraction of sp³-hybridized carbons (Fsp3) is 0.385. The summed E-state index contributed by atoms with van der Waals surface area (Å²) in [4.78, 5) is 4.11. The van der Waals surface area contributed by atoms with E-state index in [9.17, 15) is 4.21 Å². The first-order chi connectivity index (χ1) is 9.18. The Morgan fingerprint density at radius 1 is 1.47 bits per heavy atom. The van der Waals surface area contributed by atoms with Gasteiger partial charge >= 0.3 is 0 Å². The van der Waals surface area contributed by atoms with Crippen LogP contribution in [0.15, 0.2) is 30.7 Å². The minimum atomic E-state index is -0.796. The van der Waals surface area contributed by atoms with Gasteiger partial charge in [0.15, 0.2) is 0 Å². The number of pyridine rings is 1. The highest BCUT2D eigenvalue weighted by atomic mass is 32.2. The van der Waals surface area contributed by atoms with Crippen LogP contribution in [0.25, 0.3) is 11.3 Å². The number of H-pyrrole nitrogens is 1. The van der Waals surface area contributed by atoms with Crippen molar-refractivity contribution in [3.05, 3.63) is 36.3 Å². The topological polar surface area (TPSA) is 70.7 Å². The number of nitrogens with zero attached hydrogens (tertiary/aromatic N) is 2. The highest BCUT2D eigenvalue weighted by molar-refractivity contribution is 7.84. The molecule has 2 atom stereocenters. The maximum Gasteiger partial charge on any atom is 0.0710 e. The van der Waals surface area contributed by atoms with Crippen LogP contribution in [0.5, 0.6) is 0 Å². The molecule has 0 fully saturated rings. The fourth-order valence-electron chi connectivity index (χ4n) is 1.73. The van der Waals surface area contributed by atoms with Crippen molar-refractivity contribution in [1.29, 1.82) is 0 Å². The summed E-state index contributed by atoms with van der Waals surface area (Å²) in [7, 11) is -0.796. The lowest BCUT2D eigenvalue weighted by Gasteiger charge is -2.09. The van der Waals surface area contributed by atoms with Crippen LogP contribution < -0.4 is 5.32 Å². The molecule has 2 heterocycles. The van der Waals surface area contributed by atoms with E-state index in [1.165, 1.54) is 0 Å². The maximum absolute atomic E-state index is 11.3. The molecule has 2 unspecified atom stereocenters. The van der Waals surface area contributed by atoms with Crippen LogP contribution >= 0.6 is 0 Å². The second-order valence-corrected chi connectivity index (χ2v) is 6.25. The van der Waals surface area contributed by atoms with E-state index in [-0.39, 0.29) is 5.25 Å². The standard InChI is InChI=1S/C13H18N4OS/c1-10(19(2)18)6-15-8-12-9-16-17-13(12)11-4-3-5-14-7-11/h3-5,7,9-10,15H,6,8H2,1-2H3,(H,16,17). The van der Waals surface area contributed by atoms with E-state index in [0.717, 1.165) is 23.4 Å². The minimum Gasteiger partial charge on any atom is -0.311 e. The van der Waals surface area contributed by atoms with Gasteiger partial charge in [0.2, 0.25) is 0 Å². The number of hydrogen-bond acceptors (Lipinski definition) is 4. The van der Waals surface area contributed by atoms with Crippen molar-refractivity contribution in [1.82, 2.24) is 20.5 Å². The zero-order chi connectivity index (χ0) is 13.7. The highest BCUT2D eigenvalue weighted by Crippen LogP contribution is 2.19. The third-order valence-corrected chi connectivity index (χ3v) is 4.28. The van der Waals surface area contributed by atoms with E-state index in [2.05, 4.69) is 20.5 Å². The Morgan fingerprint density at radius 3 is 3.00 bits per heavy atom. The van der Waals surface area contributed by atoms with Crippen molar-refractivity contribution in [2.24, 2.45) is 0 Å². The summed E-state index contributed by atoms with van der Waals surface area (Å²) >= 11 is 0. The van der Waals surface area contributed by atoms with Crippen LogP contribution in [0, 0.1) is 0 Å². The fourth-order valence-corrected chi connectivity index (χ4v) is 2.09. The van der Waals surface area contributed by atoms with Gasteiger partial charge in [0, 0.05) is 58.9 Å². The summed E-state index contributed by atoms with van der Waals surface area (Å²) < 4.78 is 11.3. The maximum atomic E-state index is 11.3. The molecule has 0 radical (unpaired) electrons. The summed E-state index contributed by atoms with van der Waals surface area (Å²) in [6.45, 7) is 3.39. The second-order valence-electron chi connectivity index (χ2n) is 4.45. The first-order valence-electron chi connectivity index (χ1n) is 6.14. The minimum absolute atomic E-state index is 0.147. The Kier molecular flexibility index (Phi) is 4.81. The second kappa shape index (κ2) is 6.58. The van der Waals surface area contributed by atoms with E-state index >= 15 is 0 Å². The van der Waals surface area contributed by atoms with Crippen molar-refractivity contribution in [3.8, 4) is 11.3 Å². The zero-order valence-corrected chi connectivity index (χ0v) is 11.9. The molecule has 0 saturated carbocycles. The number of aromatic amines is 1. The number of hydrogen-bond donors (Lipinski definition) is 2. The number of rotatable bonds is 6. The molecule has 2 N–H and O–H groups in total. The van der Waals surface area contributed by atoms with Gasteiger partial charge in [0.1, 0.15) is 0 Å². The normalized spacial score (nSPS) is 14.2. The van der Waals surface area contributed by atoms with Gasteiger partial charge in [0.05, 0.1) is 11.9 Å². The summed E-state index contributed by atoms with van der Waals surface area (Å²) in [5.41, 5.74) is 3.08. The highest BCUT2D eigenvalue weighted by Gasteiger charge is 2.09. The first-order valence-corrected chi connectivity index (χ1v) is 7.76. The molecule has 0 aliphatic rings. The molecule has 6 heteroatoms. The molecule has 0 bridgehead atoms. The largest absolute Gasteiger partial charge is 0.311 e. The zero-order valence-electron chi connectivity index (χ0n) is 11.1. The molecule has 19 heavy (non-hydrogen) atoms. The van der Waals surface area contributed by atoms with Crippen LogP contribution in [-0.4, -0.2) is 37.4 Å². The predicted molar refractivity (Wildman–Crippen MR) is 77.1 cm³/mol. The lowest BCUT2D eigenvalue weighted by atomic mass is 10.1. The van der Waals surface area contributed by atoms with Gasteiger partial charge in [-0.2, -0.15) is 5.10 Å². The SMILES string of the molecule is CC(CNCc1cn[nH]c1-c1cccnc1)S(C)=O. The average Bonchev–Trinajstić information content (AvgIpc) is 2.88. The quantitative estimate of drug-likeness (QED) is 0.836. The van der Waals surface area contributed by atoms with Gasteiger partial charge in [-0.25, -0.2) is 0 Å². The first kappa shape index (κ1) is 13.9. The Bertz CT molecular complexity index is 541. The Hall–Kier alpha value is -1.53. The monoisotopic (exact) mass is 278 g/mol. The van der Waals surface area contributed by atoms with Crippen LogP contribution in [0.2, 0.25) is 0 Å². The molecular weight excluding hydrogens is 260 g/mol. The molecule has 2 aromatic heterocycles. The van der Waals surface area contributed by atoms with Gasteiger partial charge in [0.25, 0.3) is 0 Å². The average molecular weight is 278 g/mol.